The fourth-order valence-corrected chi connectivity index (χ4v) is 2.62. The first-order valence-corrected chi connectivity index (χ1v) is 9.11. The van der Waals surface area contributed by atoms with Crippen LogP contribution in [0.25, 0.3) is 11.3 Å². The summed E-state index contributed by atoms with van der Waals surface area (Å²) in [6.07, 6.45) is 0.467. The van der Waals surface area contributed by atoms with Gasteiger partial charge in [0.15, 0.2) is 12.4 Å². The molecule has 0 saturated heterocycles. The predicted molar refractivity (Wildman–Crippen MR) is 107 cm³/mol. The fraction of sp³-hybridized carbons (Fsp3) is 0.143. The van der Waals surface area contributed by atoms with Crippen LogP contribution in [0.2, 0.25) is 0 Å². The van der Waals surface area contributed by atoms with Gasteiger partial charge in [-0.2, -0.15) is 0 Å². The quantitative estimate of drug-likeness (QED) is 0.435. The van der Waals surface area contributed by atoms with Gasteiger partial charge in [0.2, 0.25) is 5.91 Å². The van der Waals surface area contributed by atoms with Crippen molar-refractivity contribution in [1.82, 2.24) is 10.9 Å². The number of furan rings is 1. The molecule has 2 aromatic carbocycles. The first-order chi connectivity index (χ1) is 14.5. The summed E-state index contributed by atoms with van der Waals surface area (Å²) < 4.78 is 10.9. The molecule has 0 aliphatic heterocycles. The summed E-state index contributed by atoms with van der Waals surface area (Å²) in [5.74, 6) is 0.273. The Hall–Kier alpha value is -4.14. The molecule has 0 radical (unpaired) electrons. The van der Waals surface area contributed by atoms with E-state index in [9.17, 15) is 19.7 Å². The van der Waals surface area contributed by atoms with Crippen LogP contribution in [0.15, 0.2) is 71.1 Å². The van der Waals surface area contributed by atoms with Gasteiger partial charge in [-0.15, -0.1) is 0 Å². The lowest BCUT2D eigenvalue weighted by atomic mass is 10.2. The maximum Gasteiger partial charge on any atom is 0.310 e. The predicted octanol–water partition coefficient (Wildman–Crippen LogP) is 3.01. The Balaban J connectivity index is 1.40. The van der Waals surface area contributed by atoms with Gasteiger partial charge in [0.1, 0.15) is 11.5 Å². The molecule has 0 fully saturated rings. The van der Waals surface area contributed by atoms with Gasteiger partial charge >= 0.3 is 5.69 Å². The minimum atomic E-state index is -0.647. The van der Waals surface area contributed by atoms with Crippen molar-refractivity contribution in [1.29, 1.82) is 0 Å². The molecule has 0 bridgehead atoms. The molecule has 2 amide bonds. The number of nitrogens with one attached hydrogen (secondary N) is 2. The number of para-hydroxylation sites is 2. The standard InChI is InChI=1S/C21H19N3O6/c25-20(13-11-16-10-12-18(30-16)15-6-2-1-3-7-15)22-23-21(26)14-29-19-9-5-4-8-17(19)24(27)28/h1-10,12H,11,13-14H2,(H,22,25)(H,23,26). The minimum absolute atomic E-state index is 0.0315. The van der Waals surface area contributed by atoms with Gasteiger partial charge in [0.05, 0.1) is 4.92 Å². The van der Waals surface area contributed by atoms with Crippen LogP contribution in [0, 0.1) is 10.1 Å². The zero-order valence-corrected chi connectivity index (χ0v) is 15.9. The average molecular weight is 409 g/mol. The van der Waals surface area contributed by atoms with E-state index in [0.29, 0.717) is 17.9 Å². The van der Waals surface area contributed by atoms with Crippen molar-refractivity contribution in [2.75, 3.05) is 6.61 Å². The van der Waals surface area contributed by atoms with E-state index in [-0.39, 0.29) is 17.9 Å². The molecule has 1 aromatic heterocycles. The monoisotopic (exact) mass is 409 g/mol. The van der Waals surface area contributed by atoms with Crippen molar-refractivity contribution in [3.8, 4) is 17.1 Å². The Bertz CT molecular complexity index is 1030. The maximum atomic E-state index is 11.9. The molecule has 2 N–H and O–H groups in total. The van der Waals surface area contributed by atoms with Gasteiger partial charge in [-0.25, -0.2) is 0 Å². The van der Waals surface area contributed by atoms with Crippen molar-refractivity contribution < 1.29 is 23.7 Å². The van der Waals surface area contributed by atoms with Crippen molar-refractivity contribution in [3.63, 3.8) is 0 Å². The van der Waals surface area contributed by atoms with Gasteiger partial charge in [-0.1, -0.05) is 42.5 Å². The van der Waals surface area contributed by atoms with E-state index >= 15 is 0 Å². The molecule has 0 saturated carbocycles. The summed E-state index contributed by atoms with van der Waals surface area (Å²) in [5.41, 5.74) is 5.17. The van der Waals surface area contributed by atoms with Crippen LogP contribution in [0.1, 0.15) is 12.2 Å². The van der Waals surface area contributed by atoms with E-state index in [1.807, 2.05) is 36.4 Å². The van der Waals surface area contributed by atoms with Gasteiger partial charge in [-0.05, 0) is 18.2 Å². The van der Waals surface area contributed by atoms with E-state index in [2.05, 4.69) is 10.9 Å². The molecule has 0 unspecified atom stereocenters. The highest BCUT2D eigenvalue weighted by atomic mass is 16.6. The molecule has 0 spiro atoms. The number of hydrogen-bond donors (Lipinski definition) is 2. The van der Waals surface area contributed by atoms with Crippen molar-refractivity contribution in [2.24, 2.45) is 0 Å². The average Bonchev–Trinajstić information content (AvgIpc) is 3.24. The van der Waals surface area contributed by atoms with Crippen LogP contribution in [0.5, 0.6) is 5.75 Å². The number of nitrogens with zero attached hydrogens (tertiary/aromatic N) is 1. The van der Waals surface area contributed by atoms with Crippen molar-refractivity contribution in [3.05, 3.63) is 82.6 Å². The molecule has 9 nitrogen and oxygen atoms in total. The van der Waals surface area contributed by atoms with Crippen LogP contribution in [-0.2, 0) is 16.0 Å². The number of carbonyl (C=O) groups is 2. The van der Waals surface area contributed by atoms with Crippen LogP contribution < -0.4 is 15.6 Å². The van der Waals surface area contributed by atoms with Crippen LogP contribution in [0.3, 0.4) is 0 Å². The Morgan fingerprint density at radius 2 is 1.63 bits per heavy atom. The number of ether oxygens (including phenoxy) is 1. The first-order valence-electron chi connectivity index (χ1n) is 9.11. The largest absolute Gasteiger partial charge is 0.477 e. The summed E-state index contributed by atoms with van der Waals surface area (Å²) >= 11 is 0. The number of hydrogen-bond acceptors (Lipinski definition) is 6. The number of nitro groups is 1. The van der Waals surface area contributed by atoms with E-state index in [4.69, 9.17) is 9.15 Å². The molecule has 154 valence electrons. The molecule has 30 heavy (non-hydrogen) atoms. The molecule has 9 heteroatoms. The highest BCUT2D eigenvalue weighted by Crippen LogP contribution is 2.25. The molecule has 3 aromatic rings. The van der Waals surface area contributed by atoms with Crippen LogP contribution >= 0.6 is 0 Å². The molecule has 0 aliphatic rings. The lowest BCUT2D eigenvalue weighted by Gasteiger charge is -2.08. The highest BCUT2D eigenvalue weighted by molar-refractivity contribution is 5.82. The number of carbonyl (C=O) groups excluding carboxylic acids is 2. The van der Waals surface area contributed by atoms with E-state index in [1.54, 1.807) is 12.1 Å². The summed E-state index contributed by atoms with van der Waals surface area (Å²) in [6.45, 7) is -0.482. The number of aryl methyl sites for hydroxylation is 1. The number of nitro benzene ring substituents is 1. The number of rotatable bonds is 8. The maximum absolute atomic E-state index is 11.9. The van der Waals surface area contributed by atoms with Crippen molar-refractivity contribution in [2.45, 2.75) is 12.8 Å². The Morgan fingerprint density at radius 3 is 2.40 bits per heavy atom. The van der Waals surface area contributed by atoms with Gasteiger partial charge in [-0.3, -0.25) is 30.6 Å². The first kappa shape index (κ1) is 20.6. The molecule has 3 rings (SSSR count). The van der Waals surface area contributed by atoms with Crippen LogP contribution in [0.4, 0.5) is 5.69 Å². The smallest absolute Gasteiger partial charge is 0.310 e. The molecular formula is C21H19N3O6. The zero-order chi connectivity index (χ0) is 21.3. The van der Waals surface area contributed by atoms with E-state index < -0.39 is 23.3 Å². The molecule has 0 aliphatic carbocycles. The molecule has 1 heterocycles. The van der Waals surface area contributed by atoms with Crippen LogP contribution in [-0.4, -0.2) is 23.3 Å². The topological polar surface area (TPSA) is 124 Å². The third kappa shape index (κ3) is 5.68. The van der Waals surface area contributed by atoms with Gasteiger partial charge < -0.3 is 9.15 Å². The lowest BCUT2D eigenvalue weighted by Crippen LogP contribution is -2.43. The highest BCUT2D eigenvalue weighted by Gasteiger charge is 2.15. The normalized spacial score (nSPS) is 10.3. The molecule has 0 atom stereocenters. The fourth-order valence-electron chi connectivity index (χ4n) is 2.62. The van der Waals surface area contributed by atoms with Gasteiger partial charge in [0.25, 0.3) is 5.91 Å². The van der Waals surface area contributed by atoms with Gasteiger partial charge in [0, 0.05) is 24.5 Å². The third-order valence-electron chi connectivity index (χ3n) is 4.08. The number of hydrazine groups is 1. The summed E-state index contributed by atoms with van der Waals surface area (Å²) in [7, 11) is 0. The Kier molecular flexibility index (Phi) is 6.78. The van der Waals surface area contributed by atoms with E-state index in [1.165, 1.54) is 18.2 Å². The summed E-state index contributed by atoms with van der Waals surface area (Å²) in [6, 6.07) is 18.9. The number of amides is 2. The van der Waals surface area contributed by atoms with E-state index in [0.717, 1.165) is 5.56 Å². The number of benzene rings is 2. The lowest BCUT2D eigenvalue weighted by molar-refractivity contribution is -0.385. The summed E-state index contributed by atoms with van der Waals surface area (Å²) in [5, 5.41) is 10.9. The second-order valence-corrected chi connectivity index (χ2v) is 6.24. The second kappa shape index (κ2) is 9.87. The zero-order valence-electron chi connectivity index (χ0n) is 15.9. The Morgan fingerprint density at radius 1 is 0.933 bits per heavy atom. The second-order valence-electron chi connectivity index (χ2n) is 6.24. The minimum Gasteiger partial charge on any atom is -0.477 e. The summed E-state index contributed by atoms with van der Waals surface area (Å²) in [4.78, 5) is 34.0. The Labute approximate surface area is 171 Å². The van der Waals surface area contributed by atoms with Crippen molar-refractivity contribution >= 4 is 17.5 Å². The molecular weight excluding hydrogens is 390 g/mol. The SMILES string of the molecule is O=C(CCc1ccc(-c2ccccc2)o1)NNC(=O)COc1ccccc1[N+](=O)[O-]. The third-order valence-corrected chi connectivity index (χ3v) is 4.08.